The van der Waals surface area contributed by atoms with Crippen LogP contribution in [0.5, 0.6) is 5.75 Å². The molecule has 2 aliphatic carbocycles. The second kappa shape index (κ2) is 5.97. The lowest BCUT2D eigenvalue weighted by Gasteiger charge is -2.17. The third-order valence-corrected chi connectivity index (χ3v) is 5.39. The van der Waals surface area contributed by atoms with Crippen molar-refractivity contribution in [3.05, 3.63) is 24.3 Å². The van der Waals surface area contributed by atoms with Gasteiger partial charge < -0.3 is 10.1 Å². The van der Waals surface area contributed by atoms with E-state index in [1.54, 1.807) is 24.3 Å². The lowest BCUT2D eigenvalue weighted by Crippen LogP contribution is -2.36. The molecule has 2 fully saturated rings. The van der Waals surface area contributed by atoms with E-state index in [9.17, 15) is 8.42 Å². The zero-order valence-corrected chi connectivity index (χ0v) is 13.2. The SMILES string of the molecule is CS(=O)(=O)c1ccc(OCCNC(C2CC2)C2CC2)cc1. The lowest BCUT2D eigenvalue weighted by molar-refractivity contribution is 0.293. The van der Waals surface area contributed by atoms with Crippen molar-refractivity contribution < 1.29 is 13.2 Å². The molecule has 2 aliphatic rings. The van der Waals surface area contributed by atoms with Gasteiger partial charge in [-0.1, -0.05) is 0 Å². The van der Waals surface area contributed by atoms with Gasteiger partial charge in [0.05, 0.1) is 4.90 Å². The van der Waals surface area contributed by atoms with E-state index < -0.39 is 9.84 Å². The molecule has 1 aromatic rings. The van der Waals surface area contributed by atoms with Crippen molar-refractivity contribution in [2.24, 2.45) is 11.8 Å². The molecule has 0 spiro atoms. The first-order valence-corrected chi connectivity index (χ1v) is 9.59. The topological polar surface area (TPSA) is 55.4 Å². The van der Waals surface area contributed by atoms with Crippen LogP contribution in [0.15, 0.2) is 29.2 Å². The monoisotopic (exact) mass is 309 g/mol. The Balaban J connectivity index is 1.42. The zero-order chi connectivity index (χ0) is 14.9. The summed E-state index contributed by atoms with van der Waals surface area (Å²) in [7, 11) is -3.13. The van der Waals surface area contributed by atoms with Crippen LogP contribution in [0, 0.1) is 11.8 Å². The van der Waals surface area contributed by atoms with Crippen LogP contribution in [-0.4, -0.2) is 33.9 Å². The van der Waals surface area contributed by atoms with Crippen LogP contribution in [0.4, 0.5) is 0 Å². The van der Waals surface area contributed by atoms with Crippen LogP contribution in [-0.2, 0) is 9.84 Å². The van der Waals surface area contributed by atoms with Crippen LogP contribution in [0.2, 0.25) is 0 Å². The van der Waals surface area contributed by atoms with Crippen LogP contribution in [0.25, 0.3) is 0 Å². The van der Waals surface area contributed by atoms with Gasteiger partial charge in [-0.25, -0.2) is 8.42 Å². The molecular weight excluding hydrogens is 286 g/mol. The molecule has 0 saturated heterocycles. The molecule has 0 heterocycles. The molecule has 1 N–H and O–H groups in total. The summed E-state index contributed by atoms with van der Waals surface area (Å²) >= 11 is 0. The van der Waals surface area contributed by atoms with Gasteiger partial charge >= 0.3 is 0 Å². The van der Waals surface area contributed by atoms with Gasteiger partial charge in [0.15, 0.2) is 9.84 Å². The van der Waals surface area contributed by atoms with Crippen LogP contribution < -0.4 is 10.1 Å². The highest BCUT2D eigenvalue weighted by atomic mass is 32.2. The van der Waals surface area contributed by atoms with E-state index in [-0.39, 0.29) is 0 Å². The van der Waals surface area contributed by atoms with E-state index in [1.165, 1.54) is 31.9 Å². The van der Waals surface area contributed by atoms with Crippen molar-refractivity contribution in [1.29, 1.82) is 0 Å². The summed E-state index contributed by atoms with van der Waals surface area (Å²) in [5, 5.41) is 3.63. The molecule has 0 atom stereocenters. The number of ether oxygens (including phenoxy) is 1. The summed E-state index contributed by atoms with van der Waals surface area (Å²) < 4.78 is 28.4. The zero-order valence-electron chi connectivity index (χ0n) is 12.4. The molecule has 2 saturated carbocycles. The summed E-state index contributed by atoms with van der Waals surface area (Å²) in [6.07, 6.45) is 6.72. The van der Waals surface area contributed by atoms with Gasteiger partial charge in [-0.2, -0.15) is 0 Å². The average Bonchev–Trinajstić information content (AvgIpc) is 3.31. The van der Waals surface area contributed by atoms with E-state index in [1.807, 2.05) is 0 Å². The molecule has 116 valence electrons. The third kappa shape index (κ3) is 4.20. The Labute approximate surface area is 126 Å². The fourth-order valence-electron chi connectivity index (χ4n) is 2.81. The summed E-state index contributed by atoms with van der Waals surface area (Å²) in [5.74, 6) is 2.51. The smallest absolute Gasteiger partial charge is 0.175 e. The molecule has 3 rings (SSSR count). The number of rotatable bonds is 8. The van der Waals surface area contributed by atoms with Gasteiger partial charge in [-0.3, -0.25) is 0 Å². The molecule has 4 nitrogen and oxygen atoms in total. The Morgan fingerprint density at radius 2 is 1.71 bits per heavy atom. The maximum atomic E-state index is 11.4. The molecule has 5 heteroatoms. The molecule has 0 aromatic heterocycles. The van der Waals surface area contributed by atoms with Crippen molar-refractivity contribution >= 4 is 9.84 Å². The average molecular weight is 309 g/mol. The second-order valence-corrected chi connectivity index (χ2v) is 8.26. The van der Waals surface area contributed by atoms with Gasteiger partial charge in [-0.15, -0.1) is 0 Å². The Morgan fingerprint density at radius 3 is 2.19 bits per heavy atom. The van der Waals surface area contributed by atoms with Crippen molar-refractivity contribution in [1.82, 2.24) is 5.32 Å². The Kier molecular flexibility index (Phi) is 4.22. The Bertz CT molecular complexity index is 562. The summed E-state index contributed by atoms with van der Waals surface area (Å²) in [6, 6.07) is 7.32. The highest BCUT2D eigenvalue weighted by Crippen LogP contribution is 2.44. The van der Waals surface area contributed by atoms with Crippen LogP contribution in [0.3, 0.4) is 0 Å². The van der Waals surface area contributed by atoms with E-state index in [0.717, 1.165) is 24.1 Å². The van der Waals surface area contributed by atoms with Crippen molar-refractivity contribution in [3.63, 3.8) is 0 Å². The summed E-state index contributed by atoms with van der Waals surface area (Å²) in [4.78, 5) is 0.329. The molecule has 0 radical (unpaired) electrons. The molecule has 21 heavy (non-hydrogen) atoms. The standard InChI is InChI=1S/C16H23NO3S/c1-21(18,19)15-8-6-14(7-9-15)20-11-10-17-16(12-2-3-12)13-4-5-13/h6-9,12-13,16-17H,2-5,10-11H2,1H3. The van der Waals surface area contributed by atoms with Gasteiger partial charge in [-0.05, 0) is 61.8 Å². The van der Waals surface area contributed by atoms with E-state index in [4.69, 9.17) is 4.74 Å². The van der Waals surface area contributed by atoms with Crippen molar-refractivity contribution in [2.45, 2.75) is 36.6 Å². The fraction of sp³-hybridized carbons (Fsp3) is 0.625. The summed E-state index contributed by atoms with van der Waals surface area (Å²) in [5.41, 5.74) is 0. The Hall–Kier alpha value is -1.07. The molecule has 0 aliphatic heterocycles. The van der Waals surface area contributed by atoms with Gasteiger partial charge in [0.2, 0.25) is 0 Å². The maximum absolute atomic E-state index is 11.4. The van der Waals surface area contributed by atoms with Crippen molar-refractivity contribution in [3.8, 4) is 5.75 Å². The minimum absolute atomic E-state index is 0.329. The fourth-order valence-corrected chi connectivity index (χ4v) is 3.44. The quantitative estimate of drug-likeness (QED) is 0.748. The normalized spacial score (nSPS) is 19.0. The number of sulfone groups is 1. The molecule has 0 bridgehead atoms. The second-order valence-electron chi connectivity index (χ2n) is 6.25. The minimum atomic E-state index is -3.13. The minimum Gasteiger partial charge on any atom is -0.492 e. The van der Waals surface area contributed by atoms with Crippen molar-refractivity contribution in [2.75, 3.05) is 19.4 Å². The maximum Gasteiger partial charge on any atom is 0.175 e. The number of benzene rings is 1. The predicted octanol–water partition coefficient (Wildman–Crippen LogP) is 2.25. The number of nitrogens with one attached hydrogen (secondary N) is 1. The number of hydrogen-bond donors (Lipinski definition) is 1. The molecule has 0 unspecified atom stereocenters. The molecule has 0 amide bonds. The van der Waals surface area contributed by atoms with Gasteiger partial charge in [0.1, 0.15) is 12.4 Å². The van der Waals surface area contributed by atoms with E-state index in [0.29, 0.717) is 17.5 Å². The Morgan fingerprint density at radius 1 is 1.14 bits per heavy atom. The first-order chi connectivity index (χ1) is 10.0. The lowest BCUT2D eigenvalue weighted by atomic mass is 10.1. The predicted molar refractivity (Wildman–Crippen MR) is 82.3 cm³/mol. The third-order valence-electron chi connectivity index (χ3n) is 4.26. The van der Waals surface area contributed by atoms with Crippen LogP contribution >= 0.6 is 0 Å². The highest BCUT2D eigenvalue weighted by Gasteiger charge is 2.40. The van der Waals surface area contributed by atoms with E-state index >= 15 is 0 Å². The van der Waals surface area contributed by atoms with Gasteiger partial charge in [0.25, 0.3) is 0 Å². The number of hydrogen-bond acceptors (Lipinski definition) is 4. The molecule has 1 aromatic carbocycles. The first kappa shape index (κ1) is 14.9. The molecular formula is C16H23NO3S. The van der Waals surface area contributed by atoms with Gasteiger partial charge in [0, 0.05) is 18.8 Å². The first-order valence-electron chi connectivity index (χ1n) is 7.70. The highest BCUT2D eigenvalue weighted by molar-refractivity contribution is 7.90. The van der Waals surface area contributed by atoms with Crippen LogP contribution in [0.1, 0.15) is 25.7 Å². The largest absolute Gasteiger partial charge is 0.492 e. The summed E-state index contributed by atoms with van der Waals surface area (Å²) in [6.45, 7) is 1.47. The van der Waals surface area contributed by atoms with E-state index in [2.05, 4.69) is 5.32 Å².